The monoisotopic (exact) mass is 360 g/mol. The van der Waals surface area contributed by atoms with E-state index in [2.05, 4.69) is 5.32 Å². The molecule has 2 aromatic carbocycles. The fourth-order valence-electron chi connectivity index (χ4n) is 4.00. The van der Waals surface area contributed by atoms with Crippen molar-refractivity contribution >= 4 is 11.4 Å². The molecule has 0 unspecified atom stereocenters. The van der Waals surface area contributed by atoms with Gasteiger partial charge in [-0.1, -0.05) is 30.4 Å². The minimum absolute atomic E-state index is 0.0195. The van der Waals surface area contributed by atoms with Crippen LogP contribution < -0.4 is 5.32 Å². The summed E-state index contributed by atoms with van der Waals surface area (Å²) >= 11 is 0. The normalized spacial score (nSPS) is 23.9. The molecule has 134 valence electrons. The van der Waals surface area contributed by atoms with Crippen LogP contribution in [0.25, 0.3) is 0 Å². The average Bonchev–Trinajstić information content (AvgIpc) is 3.09. The molecule has 3 atom stereocenters. The molecule has 26 heavy (non-hydrogen) atoms. The Morgan fingerprint density at radius 2 is 1.88 bits per heavy atom. The summed E-state index contributed by atoms with van der Waals surface area (Å²) in [6, 6.07) is 9.83. The number of rotatable bonds is 2. The molecule has 1 aliphatic heterocycles. The Bertz CT molecular complexity index is 908. The van der Waals surface area contributed by atoms with E-state index < -0.39 is 16.7 Å². The number of para-hydroxylation sites is 1. The van der Waals surface area contributed by atoms with Gasteiger partial charge in [-0.3, -0.25) is 10.1 Å². The van der Waals surface area contributed by atoms with Gasteiger partial charge in [0.1, 0.15) is 0 Å². The number of nitrogens with zero attached hydrogens (tertiary/aromatic N) is 1. The molecule has 0 fully saturated rings. The second kappa shape index (κ2) is 5.86. The summed E-state index contributed by atoms with van der Waals surface area (Å²) in [5.41, 5.74) is 1.08. The molecule has 4 rings (SSSR count). The fourth-order valence-corrected chi connectivity index (χ4v) is 4.00. The molecule has 0 bridgehead atoms. The van der Waals surface area contributed by atoms with E-state index >= 15 is 0 Å². The maximum atomic E-state index is 13.1. The van der Waals surface area contributed by atoms with Gasteiger partial charge in [0.05, 0.1) is 22.1 Å². The van der Waals surface area contributed by atoms with Gasteiger partial charge >= 0.3 is 6.18 Å². The predicted octanol–water partition coefficient (Wildman–Crippen LogP) is 5.44. The van der Waals surface area contributed by atoms with Crippen molar-refractivity contribution in [2.24, 2.45) is 5.92 Å². The SMILES string of the molecule is O=[N+]([O-])c1ccccc1[C@@H]1Nc2ccc(C(F)(F)F)cc2[C@H]2C=CC[C@@H]21. The van der Waals surface area contributed by atoms with E-state index in [9.17, 15) is 23.3 Å². The van der Waals surface area contributed by atoms with Crippen molar-refractivity contribution in [2.75, 3.05) is 5.32 Å². The zero-order valence-corrected chi connectivity index (χ0v) is 13.5. The van der Waals surface area contributed by atoms with E-state index in [1.807, 2.05) is 12.2 Å². The smallest absolute Gasteiger partial charge is 0.377 e. The van der Waals surface area contributed by atoms with Crippen molar-refractivity contribution in [3.05, 3.63) is 81.4 Å². The van der Waals surface area contributed by atoms with Crippen molar-refractivity contribution in [2.45, 2.75) is 24.6 Å². The van der Waals surface area contributed by atoms with Crippen LogP contribution in [0, 0.1) is 16.0 Å². The van der Waals surface area contributed by atoms with Crippen LogP contribution in [0.15, 0.2) is 54.6 Å². The van der Waals surface area contributed by atoms with Gasteiger partial charge in [-0.2, -0.15) is 13.2 Å². The molecule has 4 nitrogen and oxygen atoms in total. The predicted molar refractivity (Wildman–Crippen MR) is 90.9 cm³/mol. The Morgan fingerprint density at radius 3 is 2.62 bits per heavy atom. The number of hydrogen-bond acceptors (Lipinski definition) is 3. The van der Waals surface area contributed by atoms with Crippen LogP contribution in [0.1, 0.15) is 35.1 Å². The fraction of sp³-hybridized carbons (Fsp3) is 0.263. The summed E-state index contributed by atoms with van der Waals surface area (Å²) in [7, 11) is 0. The zero-order chi connectivity index (χ0) is 18.5. The number of alkyl halides is 3. The number of hydrogen-bond donors (Lipinski definition) is 1. The molecular weight excluding hydrogens is 345 g/mol. The van der Waals surface area contributed by atoms with E-state index in [1.54, 1.807) is 18.2 Å². The highest BCUT2D eigenvalue weighted by Gasteiger charge is 2.41. The molecule has 2 aliphatic rings. The van der Waals surface area contributed by atoms with Crippen LogP contribution in [-0.2, 0) is 6.18 Å². The third-order valence-corrected chi connectivity index (χ3v) is 5.16. The summed E-state index contributed by atoms with van der Waals surface area (Å²) in [5.74, 6) is -0.259. The number of fused-ring (bicyclic) bond motifs is 3. The summed E-state index contributed by atoms with van der Waals surface area (Å²) in [5, 5.41) is 14.6. The Hall–Kier alpha value is -2.83. The third kappa shape index (κ3) is 2.64. The number of halogens is 3. The topological polar surface area (TPSA) is 55.2 Å². The van der Waals surface area contributed by atoms with Crippen molar-refractivity contribution < 1.29 is 18.1 Å². The summed E-state index contributed by atoms with van der Waals surface area (Å²) in [4.78, 5) is 11.0. The Balaban J connectivity index is 1.80. The number of nitro benzene ring substituents is 1. The standard InChI is InChI=1S/C19H15F3N2O2/c20-19(21,22)11-8-9-16-15(10-11)12-5-3-6-13(12)18(23-16)14-4-1-2-7-17(14)24(25)26/h1-5,7-10,12-13,18,23H,6H2/t12-,13-,18+/m0/s1. The van der Waals surface area contributed by atoms with Crippen LogP contribution in [0.2, 0.25) is 0 Å². The highest BCUT2D eigenvalue weighted by molar-refractivity contribution is 5.62. The van der Waals surface area contributed by atoms with Crippen molar-refractivity contribution in [1.29, 1.82) is 0 Å². The molecular formula is C19H15F3N2O2. The maximum absolute atomic E-state index is 13.1. The minimum atomic E-state index is -4.40. The van der Waals surface area contributed by atoms with Gasteiger partial charge < -0.3 is 5.32 Å². The molecule has 0 saturated carbocycles. The third-order valence-electron chi connectivity index (χ3n) is 5.16. The Kier molecular flexibility index (Phi) is 3.75. The molecule has 2 aromatic rings. The molecule has 1 aliphatic carbocycles. The van der Waals surface area contributed by atoms with E-state index in [0.29, 0.717) is 23.2 Å². The number of allylic oxidation sites excluding steroid dienone is 2. The van der Waals surface area contributed by atoms with Crippen molar-refractivity contribution in [3.63, 3.8) is 0 Å². The highest BCUT2D eigenvalue weighted by atomic mass is 19.4. The number of nitrogens with one attached hydrogen (secondary N) is 1. The number of anilines is 1. The molecule has 7 heteroatoms. The maximum Gasteiger partial charge on any atom is 0.416 e. The van der Waals surface area contributed by atoms with Crippen LogP contribution in [0.3, 0.4) is 0 Å². The van der Waals surface area contributed by atoms with E-state index in [1.165, 1.54) is 18.2 Å². The van der Waals surface area contributed by atoms with Crippen LogP contribution in [0.5, 0.6) is 0 Å². The number of nitro groups is 1. The molecule has 0 saturated heterocycles. The molecule has 0 radical (unpaired) electrons. The first-order chi connectivity index (χ1) is 12.4. The van der Waals surface area contributed by atoms with Gasteiger partial charge in [-0.15, -0.1) is 0 Å². The quantitative estimate of drug-likeness (QED) is 0.441. The van der Waals surface area contributed by atoms with Crippen LogP contribution in [0.4, 0.5) is 24.5 Å². The number of benzene rings is 2. The first kappa shape index (κ1) is 16.6. The van der Waals surface area contributed by atoms with Crippen molar-refractivity contribution in [1.82, 2.24) is 0 Å². The minimum Gasteiger partial charge on any atom is -0.377 e. The highest BCUT2D eigenvalue weighted by Crippen LogP contribution is 2.51. The molecule has 0 spiro atoms. The first-order valence-electron chi connectivity index (χ1n) is 8.24. The summed E-state index contributed by atoms with van der Waals surface area (Å²) < 4.78 is 39.2. The lowest BCUT2D eigenvalue weighted by Crippen LogP contribution is -2.29. The second-order valence-electron chi connectivity index (χ2n) is 6.59. The Labute approximate surface area is 147 Å². The summed E-state index contributed by atoms with van der Waals surface area (Å²) in [6.45, 7) is 0. The lowest BCUT2D eigenvalue weighted by atomic mass is 9.76. The van der Waals surface area contributed by atoms with Crippen LogP contribution in [-0.4, -0.2) is 4.92 Å². The lowest BCUT2D eigenvalue weighted by molar-refractivity contribution is -0.385. The average molecular weight is 360 g/mol. The molecule has 0 amide bonds. The molecule has 0 aromatic heterocycles. The van der Waals surface area contributed by atoms with Gasteiger partial charge in [-0.25, -0.2) is 0 Å². The van der Waals surface area contributed by atoms with E-state index in [4.69, 9.17) is 0 Å². The van der Waals surface area contributed by atoms with Gasteiger partial charge in [0.25, 0.3) is 5.69 Å². The first-order valence-corrected chi connectivity index (χ1v) is 8.24. The van der Waals surface area contributed by atoms with Gasteiger partial charge in [-0.05, 0) is 36.1 Å². The molecule has 1 heterocycles. The van der Waals surface area contributed by atoms with Gasteiger partial charge in [0.15, 0.2) is 0 Å². The second-order valence-corrected chi connectivity index (χ2v) is 6.59. The zero-order valence-electron chi connectivity index (χ0n) is 13.5. The van der Waals surface area contributed by atoms with Gasteiger partial charge in [0.2, 0.25) is 0 Å². The van der Waals surface area contributed by atoms with E-state index in [-0.39, 0.29) is 23.6 Å². The largest absolute Gasteiger partial charge is 0.416 e. The van der Waals surface area contributed by atoms with E-state index in [0.717, 1.165) is 6.07 Å². The molecule has 1 N–H and O–H groups in total. The van der Waals surface area contributed by atoms with Crippen molar-refractivity contribution in [3.8, 4) is 0 Å². The Morgan fingerprint density at radius 1 is 1.12 bits per heavy atom. The van der Waals surface area contributed by atoms with Crippen LogP contribution >= 0.6 is 0 Å². The van der Waals surface area contributed by atoms with Gasteiger partial charge in [0, 0.05) is 17.7 Å². The lowest BCUT2D eigenvalue weighted by Gasteiger charge is -2.37. The summed E-state index contributed by atoms with van der Waals surface area (Å²) in [6.07, 6.45) is 0.104.